The predicted octanol–water partition coefficient (Wildman–Crippen LogP) is 3.71. The molecule has 5 heteroatoms. The first-order valence-electron chi connectivity index (χ1n) is 8.77. The van der Waals surface area contributed by atoms with Gasteiger partial charge in [0.1, 0.15) is 0 Å². The zero-order chi connectivity index (χ0) is 18.7. The monoisotopic (exact) mass is 350 g/mol. The molecule has 1 aliphatic heterocycles. The summed E-state index contributed by atoms with van der Waals surface area (Å²) in [7, 11) is 0. The Balaban J connectivity index is 1.63. The van der Waals surface area contributed by atoms with E-state index in [1.54, 1.807) is 24.3 Å². The molecule has 2 aromatic rings. The molecule has 1 heterocycles. The lowest BCUT2D eigenvalue weighted by molar-refractivity contribution is -0.139. The molecule has 1 aliphatic rings. The van der Waals surface area contributed by atoms with Gasteiger partial charge in [-0.3, -0.25) is 19.3 Å². The Morgan fingerprint density at radius 1 is 0.962 bits per heavy atom. The molecule has 1 saturated heterocycles. The van der Waals surface area contributed by atoms with Crippen molar-refractivity contribution in [3.63, 3.8) is 0 Å². The second-order valence-corrected chi connectivity index (χ2v) is 6.80. The highest BCUT2D eigenvalue weighted by Gasteiger charge is 2.28. The Hall–Kier alpha value is -2.95. The molecule has 0 aromatic heterocycles. The SMILES string of the molecule is CC(C)c1ccc(NC(=O)c2ccc(CN3C(=O)CCC3=O)cc2)cc1. The predicted molar refractivity (Wildman–Crippen MR) is 99.7 cm³/mol. The fraction of sp³-hybridized carbons (Fsp3) is 0.286. The number of hydrogen-bond acceptors (Lipinski definition) is 3. The number of benzene rings is 2. The van der Waals surface area contributed by atoms with Gasteiger partial charge in [-0.2, -0.15) is 0 Å². The number of carbonyl (C=O) groups excluding carboxylic acids is 3. The van der Waals surface area contributed by atoms with Crippen LogP contribution in [0.2, 0.25) is 0 Å². The van der Waals surface area contributed by atoms with Gasteiger partial charge in [-0.15, -0.1) is 0 Å². The molecular formula is C21H22N2O3. The highest BCUT2D eigenvalue weighted by Crippen LogP contribution is 2.19. The lowest BCUT2D eigenvalue weighted by atomic mass is 10.0. The quantitative estimate of drug-likeness (QED) is 0.836. The van der Waals surface area contributed by atoms with Crippen molar-refractivity contribution in [1.29, 1.82) is 0 Å². The van der Waals surface area contributed by atoms with Crippen LogP contribution in [0.5, 0.6) is 0 Å². The smallest absolute Gasteiger partial charge is 0.255 e. The molecular weight excluding hydrogens is 328 g/mol. The van der Waals surface area contributed by atoms with E-state index < -0.39 is 0 Å². The summed E-state index contributed by atoms with van der Waals surface area (Å²) in [6.45, 7) is 4.51. The van der Waals surface area contributed by atoms with Gasteiger partial charge in [-0.25, -0.2) is 0 Å². The van der Waals surface area contributed by atoms with Gasteiger partial charge in [0.2, 0.25) is 11.8 Å². The van der Waals surface area contributed by atoms with Crippen molar-refractivity contribution >= 4 is 23.4 Å². The second kappa shape index (κ2) is 7.52. The minimum Gasteiger partial charge on any atom is -0.322 e. The summed E-state index contributed by atoms with van der Waals surface area (Å²) < 4.78 is 0. The minimum absolute atomic E-state index is 0.137. The molecule has 0 saturated carbocycles. The fourth-order valence-electron chi connectivity index (χ4n) is 2.90. The first kappa shape index (κ1) is 17.9. The summed E-state index contributed by atoms with van der Waals surface area (Å²) in [6, 6.07) is 14.8. The van der Waals surface area contributed by atoms with E-state index in [1.807, 2.05) is 24.3 Å². The van der Waals surface area contributed by atoms with Crippen LogP contribution < -0.4 is 5.32 Å². The van der Waals surface area contributed by atoms with Crippen LogP contribution in [0.4, 0.5) is 5.69 Å². The minimum atomic E-state index is -0.192. The molecule has 5 nitrogen and oxygen atoms in total. The number of rotatable bonds is 5. The summed E-state index contributed by atoms with van der Waals surface area (Å²) in [5.74, 6) is -0.0211. The van der Waals surface area contributed by atoms with Crippen LogP contribution in [0, 0.1) is 0 Å². The van der Waals surface area contributed by atoms with Gasteiger partial charge in [0.05, 0.1) is 6.54 Å². The van der Waals surface area contributed by atoms with Gasteiger partial charge >= 0.3 is 0 Å². The Morgan fingerprint density at radius 2 is 1.54 bits per heavy atom. The first-order valence-corrected chi connectivity index (χ1v) is 8.77. The van der Waals surface area contributed by atoms with Crippen LogP contribution in [0.25, 0.3) is 0 Å². The van der Waals surface area contributed by atoms with Gasteiger partial charge in [-0.1, -0.05) is 38.1 Å². The average molecular weight is 350 g/mol. The number of nitrogens with zero attached hydrogens (tertiary/aromatic N) is 1. The number of likely N-dealkylation sites (tertiary alicyclic amines) is 1. The number of hydrogen-bond donors (Lipinski definition) is 1. The molecule has 0 aliphatic carbocycles. The fourth-order valence-corrected chi connectivity index (χ4v) is 2.90. The zero-order valence-electron chi connectivity index (χ0n) is 15.0. The number of imide groups is 1. The molecule has 0 unspecified atom stereocenters. The summed E-state index contributed by atoms with van der Waals surface area (Å²) >= 11 is 0. The third-order valence-corrected chi connectivity index (χ3v) is 4.55. The van der Waals surface area contributed by atoms with Crippen molar-refractivity contribution in [3.8, 4) is 0 Å². The first-order chi connectivity index (χ1) is 12.4. The van der Waals surface area contributed by atoms with Crippen molar-refractivity contribution in [1.82, 2.24) is 4.90 Å². The van der Waals surface area contributed by atoms with Crippen LogP contribution in [0.15, 0.2) is 48.5 Å². The topological polar surface area (TPSA) is 66.5 Å². The Morgan fingerprint density at radius 3 is 2.08 bits per heavy atom. The zero-order valence-corrected chi connectivity index (χ0v) is 15.0. The molecule has 134 valence electrons. The van der Waals surface area contributed by atoms with E-state index in [4.69, 9.17) is 0 Å². The summed E-state index contributed by atoms with van der Waals surface area (Å²) in [4.78, 5) is 37.0. The van der Waals surface area contributed by atoms with E-state index in [9.17, 15) is 14.4 Å². The number of carbonyl (C=O) groups is 3. The number of nitrogens with one attached hydrogen (secondary N) is 1. The maximum Gasteiger partial charge on any atom is 0.255 e. The third-order valence-electron chi connectivity index (χ3n) is 4.55. The molecule has 3 rings (SSSR count). The van der Waals surface area contributed by atoms with E-state index in [-0.39, 0.29) is 37.1 Å². The molecule has 1 fully saturated rings. The standard InChI is InChI=1S/C21H22N2O3/c1-14(2)16-7-9-18(10-8-16)22-21(26)17-5-3-15(4-6-17)13-23-19(24)11-12-20(23)25/h3-10,14H,11-13H2,1-2H3,(H,22,26). The largest absolute Gasteiger partial charge is 0.322 e. The molecule has 3 amide bonds. The van der Waals surface area contributed by atoms with E-state index in [1.165, 1.54) is 10.5 Å². The van der Waals surface area contributed by atoms with Gasteiger partial charge in [0.15, 0.2) is 0 Å². The van der Waals surface area contributed by atoms with E-state index in [0.29, 0.717) is 11.5 Å². The molecule has 1 N–H and O–H groups in total. The van der Waals surface area contributed by atoms with Crippen molar-refractivity contribution in [2.75, 3.05) is 5.32 Å². The van der Waals surface area contributed by atoms with E-state index >= 15 is 0 Å². The van der Waals surface area contributed by atoms with Crippen molar-refractivity contribution < 1.29 is 14.4 Å². The van der Waals surface area contributed by atoms with Crippen LogP contribution in [0.1, 0.15) is 54.1 Å². The highest BCUT2D eigenvalue weighted by atomic mass is 16.2. The number of anilines is 1. The van der Waals surface area contributed by atoms with Crippen LogP contribution in [-0.2, 0) is 16.1 Å². The van der Waals surface area contributed by atoms with Crippen LogP contribution in [0.3, 0.4) is 0 Å². The van der Waals surface area contributed by atoms with E-state index in [0.717, 1.165) is 11.3 Å². The molecule has 0 atom stereocenters. The summed E-state index contributed by atoms with van der Waals surface area (Å²) in [5.41, 5.74) is 3.32. The Bertz CT molecular complexity index is 807. The summed E-state index contributed by atoms with van der Waals surface area (Å²) in [5, 5.41) is 2.87. The van der Waals surface area contributed by atoms with Crippen molar-refractivity contribution in [2.45, 2.75) is 39.2 Å². The van der Waals surface area contributed by atoms with Gasteiger partial charge in [0, 0.05) is 24.1 Å². The number of amides is 3. The normalized spacial score (nSPS) is 14.2. The molecule has 26 heavy (non-hydrogen) atoms. The van der Waals surface area contributed by atoms with Gasteiger partial charge in [0.25, 0.3) is 5.91 Å². The molecule has 0 bridgehead atoms. The lowest BCUT2D eigenvalue weighted by Crippen LogP contribution is -2.28. The third kappa shape index (κ3) is 3.99. The summed E-state index contributed by atoms with van der Waals surface area (Å²) in [6.07, 6.45) is 0.573. The maximum atomic E-state index is 12.4. The molecule has 2 aromatic carbocycles. The van der Waals surface area contributed by atoms with Crippen LogP contribution >= 0.6 is 0 Å². The highest BCUT2D eigenvalue weighted by molar-refractivity contribution is 6.04. The maximum absolute atomic E-state index is 12.4. The van der Waals surface area contributed by atoms with Crippen molar-refractivity contribution in [3.05, 3.63) is 65.2 Å². The Kier molecular flexibility index (Phi) is 5.16. The molecule has 0 spiro atoms. The second-order valence-electron chi connectivity index (χ2n) is 6.80. The average Bonchev–Trinajstić information content (AvgIpc) is 2.94. The van der Waals surface area contributed by atoms with Crippen LogP contribution in [-0.4, -0.2) is 22.6 Å². The van der Waals surface area contributed by atoms with E-state index in [2.05, 4.69) is 19.2 Å². The van der Waals surface area contributed by atoms with Gasteiger partial charge in [-0.05, 0) is 41.3 Å². The van der Waals surface area contributed by atoms with Crippen molar-refractivity contribution in [2.24, 2.45) is 0 Å². The lowest BCUT2D eigenvalue weighted by Gasteiger charge is -2.14. The Labute approximate surface area is 153 Å². The molecule has 0 radical (unpaired) electrons. The van der Waals surface area contributed by atoms with Gasteiger partial charge < -0.3 is 5.32 Å².